The average molecular weight is 431 g/mol. The SMILES string of the molecule is O=C(CNc1ccccc1C(=O)Nc1ccccc1)Nc1ccc(N2CCOCC2)cc1. The second-order valence-corrected chi connectivity index (χ2v) is 7.41. The van der Waals surface area contributed by atoms with E-state index in [-0.39, 0.29) is 18.4 Å². The summed E-state index contributed by atoms with van der Waals surface area (Å²) in [6.07, 6.45) is 0. The molecule has 0 aliphatic carbocycles. The van der Waals surface area contributed by atoms with Gasteiger partial charge in [-0.2, -0.15) is 0 Å². The first-order valence-electron chi connectivity index (χ1n) is 10.6. The second kappa shape index (κ2) is 10.5. The van der Waals surface area contributed by atoms with Gasteiger partial charge < -0.3 is 25.6 Å². The Morgan fingerprint density at radius 2 is 1.44 bits per heavy atom. The number of para-hydroxylation sites is 2. The van der Waals surface area contributed by atoms with Gasteiger partial charge in [-0.25, -0.2) is 0 Å². The smallest absolute Gasteiger partial charge is 0.257 e. The molecule has 7 heteroatoms. The summed E-state index contributed by atoms with van der Waals surface area (Å²) in [4.78, 5) is 27.4. The van der Waals surface area contributed by atoms with Crippen LogP contribution in [0.5, 0.6) is 0 Å². The Kier molecular flexibility index (Phi) is 6.99. The van der Waals surface area contributed by atoms with E-state index in [0.29, 0.717) is 16.9 Å². The number of anilines is 4. The standard InChI is InChI=1S/C25H26N4O3/c30-24(27-20-10-12-21(13-11-20)29-14-16-32-17-15-29)18-26-23-9-5-4-8-22(23)25(31)28-19-6-2-1-3-7-19/h1-13,26H,14-18H2,(H,27,30)(H,28,31). The number of carbonyl (C=O) groups is 2. The van der Waals surface area contributed by atoms with Gasteiger partial charge in [-0.1, -0.05) is 30.3 Å². The van der Waals surface area contributed by atoms with E-state index in [1.165, 1.54) is 0 Å². The quantitative estimate of drug-likeness (QED) is 0.531. The van der Waals surface area contributed by atoms with Crippen molar-refractivity contribution in [1.29, 1.82) is 0 Å². The molecule has 0 bridgehead atoms. The summed E-state index contributed by atoms with van der Waals surface area (Å²) in [7, 11) is 0. The number of amides is 2. The van der Waals surface area contributed by atoms with Crippen LogP contribution in [0.4, 0.5) is 22.7 Å². The van der Waals surface area contributed by atoms with Crippen molar-refractivity contribution in [1.82, 2.24) is 0 Å². The molecule has 2 amide bonds. The van der Waals surface area contributed by atoms with Gasteiger partial charge in [0.2, 0.25) is 5.91 Å². The van der Waals surface area contributed by atoms with Crippen molar-refractivity contribution in [3.05, 3.63) is 84.4 Å². The van der Waals surface area contributed by atoms with Crippen LogP contribution in [0.1, 0.15) is 10.4 Å². The van der Waals surface area contributed by atoms with Crippen LogP contribution in [0.3, 0.4) is 0 Å². The number of rotatable bonds is 7. The first-order chi connectivity index (χ1) is 15.7. The van der Waals surface area contributed by atoms with E-state index in [2.05, 4.69) is 20.9 Å². The largest absolute Gasteiger partial charge is 0.378 e. The molecule has 0 spiro atoms. The van der Waals surface area contributed by atoms with Gasteiger partial charge in [0, 0.05) is 35.8 Å². The third kappa shape index (κ3) is 5.65. The Morgan fingerprint density at radius 1 is 0.781 bits per heavy atom. The summed E-state index contributed by atoms with van der Waals surface area (Å²) >= 11 is 0. The van der Waals surface area contributed by atoms with E-state index in [1.54, 1.807) is 18.2 Å². The fourth-order valence-corrected chi connectivity index (χ4v) is 3.51. The molecule has 1 fully saturated rings. The maximum Gasteiger partial charge on any atom is 0.257 e. The van der Waals surface area contributed by atoms with Crippen LogP contribution in [-0.4, -0.2) is 44.7 Å². The number of nitrogens with zero attached hydrogens (tertiary/aromatic N) is 1. The monoisotopic (exact) mass is 430 g/mol. The van der Waals surface area contributed by atoms with Crippen molar-refractivity contribution in [2.75, 3.05) is 53.7 Å². The van der Waals surface area contributed by atoms with Crippen molar-refractivity contribution in [2.45, 2.75) is 0 Å². The fourth-order valence-electron chi connectivity index (χ4n) is 3.51. The molecular formula is C25H26N4O3. The van der Waals surface area contributed by atoms with Crippen molar-refractivity contribution >= 4 is 34.6 Å². The zero-order valence-electron chi connectivity index (χ0n) is 17.7. The van der Waals surface area contributed by atoms with Crippen LogP contribution >= 0.6 is 0 Å². The predicted octanol–water partition coefficient (Wildman–Crippen LogP) is 3.83. The van der Waals surface area contributed by atoms with E-state index in [0.717, 1.165) is 37.7 Å². The Hall–Kier alpha value is -3.84. The number of morpholine rings is 1. The molecule has 32 heavy (non-hydrogen) atoms. The minimum atomic E-state index is -0.238. The van der Waals surface area contributed by atoms with Gasteiger partial charge in [0.05, 0.1) is 25.3 Å². The number of ether oxygens (including phenoxy) is 1. The van der Waals surface area contributed by atoms with Crippen LogP contribution in [0.2, 0.25) is 0 Å². The summed E-state index contributed by atoms with van der Waals surface area (Å²) < 4.78 is 5.38. The normalized spacial score (nSPS) is 13.3. The van der Waals surface area contributed by atoms with Crippen LogP contribution < -0.4 is 20.9 Å². The lowest BCUT2D eigenvalue weighted by molar-refractivity contribution is -0.114. The van der Waals surface area contributed by atoms with Gasteiger partial charge >= 0.3 is 0 Å². The summed E-state index contributed by atoms with van der Waals surface area (Å²) in [6, 6.07) is 24.2. The topological polar surface area (TPSA) is 82.7 Å². The van der Waals surface area contributed by atoms with E-state index in [1.807, 2.05) is 60.7 Å². The van der Waals surface area contributed by atoms with Gasteiger partial charge in [-0.05, 0) is 48.5 Å². The Morgan fingerprint density at radius 3 is 2.19 bits per heavy atom. The zero-order chi connectivity index (χ0) is 22.2. The lowest BCUT2D eigenvalue weighted by Gasteiger charge is -2.28. The molecule has 1 saturated heterocycles. The molecule has 0 aromatic heterocycles. The molecule has 1 aliphatic rings. The van der Waals surface area contributed by atoms with Crippen molar-refractivity contribution in [2.24, 2.45) is 0 Å². The van der Waals surface area contributed by atoms with Crippen LogP contribution in [-0.2, 0) is 9.53 Å². The molecule has 4 rings (SSSR count). The molecule has 3 N–H and O–H groups in total. The number of hydrogen-bond acceptors (Lipinski definition) is 5. The number of nitrogens with one attached hydrogen (secondary N) is 3. The van der Waals surface area contributed by atoms with Gasteiger partial charge in [-0.3, -0.25) is 9.59 Å². The zero-order valence-corrected chi connectivity index (χ0v) is 17.7. The van der Waals surface area contributed by atoms with Gasteiger partial charge in [0.25, 0.3) is 5.91 Å². The molecule has 164 valence electrons. The number of hydrogen-bond donors (Lipinski definition) is 3. The Balaban J connectivity index is 1.32. The molecule has 3 aromatic carbocycles. The van der Waals surface area contributed by atoms with Crippen molar-refractivity contribution in [3.63, 3.8) is 0 Å². The fraction of sp³-hybridized carbons (Fsp3) is 0.200. The van der Waals surface area contributed by atoms with Crippen LogP contribution in [0, 0.1) is 0 Å². The first-order valence-corrected chi connectivity index (χ1v) is 10.6. The summed E-state index contributed by atoms with van der Waals surface area (Å²) in [6.45, 7) is 3.24. The lowest BCUT2D eigenvalue weighted by atomic mass is 10.1. The van der Waals surface area contributed by atoms with E-state index in [9.17, 15) is 9.59 Å². The lowest BCUT2D eigenvalue weighted by Crippen LogP contribution is -2.36. The molecule has 0 radical (unpaired) electrons. The maximum atomic E-state index is 12.7. The van der Waals surface area contributed by atoms with Crippen molar-refractivity contribution in [3.8, 4) is 0 Å². The number of carbonyl (C=O) groups excluding carboxylic acids is 2. The summed E-state index contributed by atoms with van der Waals surface area (Å²) in [5.41, 5.74) is 3.62. The van der Waals surface area contributed by atoms with E-state index in [4.69, 9.17) is 4.74 Å². The van der Waals surface area contributed by atoms with Crippen LogP contribution in [0.15, 0.2) is 78.9 Å². The Labute approximate surface area is 187 Å². The molecule has 0 unspecified atom stereocenters. The van der Waals surface area contributed by atoms with Gasteiger partial charge in [0.1, 0.15) is 0 Å². The predicted molar refractivity (Wildman–Crippen MR) is 127 cm³/mol. The van der Waals surface area contributed by atoms with Gasteiger partial charge in [0.15, 0.2) is 0 Å². The minimum Gasteiger partial charge on any atom is -0.378 e. The number of benzene rings is 3. The van der Waals surface area contributed by atoms with Gasteiger partial charge in [-0.15, -0.1) is 0 Å². The molecule has 0 atom stereocenters. The molecule has 0 saturated carbocycles. The second-order valence-electron chi connectivity index (χ2n) is 7.41. The highest BCUT2D eigenvalue weighted by Crippen LogP contribution is 2.20. The highest BCUT2D eigenvalue weighted by molar-refractivity contribution is 6.08. The highest BCUT2D eigenvalue weighted by atomic mass is 16.5. The first kappa shape index (κ1) is 21.4. The van der Waals surface area contributed by atoms with E-state index >= 15 is 0 Å². The van der Waals surface area contributed by atoms with Crippen molar-refractivity contribution < 1.29 is 14.3 Å². The third-order valence-corrected chi connectivity index (χ3v) is 5.17. The summed E-state index contributed by atoms with van der Waals surface area (Å²) in [5, 5.41) is 8.82. The molecule has 7 nitrogen and oxygen atoms in total. The summed E-state index contributed by atoms with van der Waals surface area (Å²) in [5.74, 6) is -0.430. The molecule has 1 aliphatic heterocycles. The molecular weight excluding hydrogens is 404 g/mol. The third-order valence-electron chi connectivity index (χ3n) is 5.17. The van der Waals surface area contributed by atoms with Crippen LogP contribution in [0.25, 0.3) is 0 Å². The molecule has 1 heterocycles. The highest BCUT2D eigenvalue weighted by Gasteiger charge is 2.13. The minimum absolute atomic E-state index is 0.0425. The average Bonchev–Trinajstić information content (AvgIpc) is 2.84. The maximum absolute atomic E-state index is 12.7. The molecule has 3 aromatic rings. The Bertz CT molecular complexity index is 1050. The van der Waals surface area contributed by atoms with E-state index < -0.39 is 0 Å².